The normalized spacial score (nSPS) is 15.5. The van der Waals surface area contributed by atoms with Gasteiger partial charge < -0.3 is 10.6 Å². The zero-order valence-electron chi connectivity index (χ0n) is 11.0. The van der Waals surface area contributed by atoms with E-state index in [1.165, 1.54) is 19.3 Å². The van der Waals surface area contributed by atoms with Gasteiger partial charge in [0.05, 0.1) is 18.2 Å². The average molecular weight is 257 g/mol. The van der Waals surface area contributed by atoms with Crippen LogP contribution in [0.4, 0.5) is 5.69 Å². The van der Waals surface area contributed by atoms with Crippen LogP contribution in [0, 0.1) is 11.3 Å². The fourth-order valence-electron chi connectivity index (χ4n) is 2.37. The van der Waals surface area contributed by atoms with Crippen molar-refractivity contribution in [2.24, 2.45) is 0 Å². The molecule has 1 aliphatic carbocycles. The summed E-state index contributed by atoms with van der Waals surface area (Å²) in [6.45, 7) is 0.280. The summed E-state index contributed by atoms with van der Waals surface area (Å²) in [7, 11) is 0. The number of carbonyl (C=O) groups is 1. The van der Waals surface area contributed by atoms with Crippen LogP contribution in [-0.4, -0.2) is 18.5 Å². The molecule has 4 nitrogen and oxygen atoms in total. The Kier molecular flexibility index (Phi) is 4.79. The molecule has 1 aromatic carbocycles. The number of hydrogen-bond donors (Lipinski definition) is 2. The molecular formula is C15H19N3O. The highest BCUT2D eigenvalue weighted by molar-refractivity contribution is 5.81. The van der Waals surface area contributed by atoms with Gasteiger partial charge in [0.1, 0.15) is 0 Å². The molecule has 0 heterocycles. The van der Waals surface area contributed by atoms with Crippen LogP contribution in [0.5, 0.6) is 0 Å². The van der Waals surface area contributed by atoms with Gasteiger partial charge in [-0.1, -0.05) is 19.3 Å². The molecule has 4 heteroatoms. The number of anilines is 1. The molecule has 0 aliphatic heterocycles. The first-order valence-corrected chi connectivity index (χ1v) is 6.81. The van der Waals surface area contributed by atoms with Crippen LogP contribution in [0.25, 0.3) is 0 Å². The maximum absolute atomic E-state index is 11.8. The van der Waals surface area contributed by atoms with Crippen molar-refractivity contribution in [1.82, 2.24) is 5.32 Å². The highest BCUT2D eigenvalue weighted by atomic mass is 16.1. The second-order valence-electron chi connectivity index (χ2n) is 4.95. The van der Waals surface area contributed by atoms with Crippen LogP contribution in [0.1, 0.15) is 37.7 Å². The fourth-order valence-corrected chi connectivity index (χ4v) is 2.37. The van der Waals surface area contributed by atoms with E-state index in [0.717, 1.165) is 18.5 Å². The monoisotopic (exact) mass is 257 g/mol. The highest BCUT2D eigenvalue weighted by Crippen LogP contribution is 2.17. The molecule has 1 fully saturated rings. The topological polar surface area (TPSA) is 64.9 Å². The summed E-state index contributed by atoms with van der Waals surface area (Å²) < 4.78 is 0. The largest absolute Gasteiger partial charge is 0.376 e. The van der Waals surface area contributed by atoms with Crippen molar-refractivity contribution < 1.29 is 4.79 Å². The Morgan fingerprint density at radius 1 is 1.21 bits per heavy atom. The molecular weight excluding hydrogens is 238 g/mol. The van der Waals surface area contributed by atoms with E-state index >= 15 is 0 Å². The second-order valence-corrected chi connectivity index (χ2v) is 4.95. The van der Waals surface area contributed by atoms with Gasteiger partial charge in [-0.05, 0) is 37.1 Å². The molecule has 0 atom stereocenters. The van der Waals surface area contributed by atoms with E-state index in [0.29, 0.717) is 11.6 Å². The van der Waals surface area contributed by atoms with Gasteiger partial charge >= 0.3 is 0 Å². The van der Waals surface area contributed by atoms with Crippen LogP contribution < -0.4 is 10.6 Å². The van der Waals surface area contributed by atoms with E-state index in [1.54, 1.807) is 12.1 Å². The molecule has 0 spiro atoms. The predicted molar refractivity (Wildman–Crippen MR) is 74.7 cm³/mol. The predicted octanol–water partition coefficient (Wildman–Crippen LogP) is 2.42. The minimum Gasteiger partial charge on any atom is -0.376 e. The van der Waals surface area contributed by atoms with Crippen molar-refractivity contribution in [2.45, 2.75) is 38.1 Å². The lowest BCUT2D eigenvalue weighted by Gasteiger charge is -2.22. The van der Waals surface area contributed by atoms with Crippen LogP contribution in [0.15, 0.2) is 24.3 Å². The maximum Gasteiger partial charge on any atom is 0.239 e. The van der Waals surface area contributed by atoms with E-state index in [-0.39, 0.29) is 12.5 Å². The van der Waals surface area contributed by atoms with Gasteiger partial charge in [0, 0.05) is 11.7 Å². The number of rotatable bonds is 4. The highest BCUT2D eigenvalue weighted by Gasteiger charge is 2.15. The van der Waals surface area contributed by atoms with Gasteiger partial charge in [0.15, 0.2) is 0 Å². The lowest BCUT2D eigenvalue weighted by atomic mass is 9.95. The molecule has 0 saturated heterocycles. The summed E-state index contributed by atoms with van der Waals surface area (Å²) in [6.07, 6.45) is 5.92. The second kappa shape index (κ2) is 6.79. The van der Waals surface area contributed by atoms with Crippen molar-refractivity contribution in [2.75, 3.05) is 11.9 Å². The van der Waals surface area contributed by atoms with E-state index in [1.807, 2.05) is 12.1 Å². The molecule has 1 saturated carbocycles. The van der Waals surface area contributed by atoms with E-state index in [4.69, 9.17) is 5.26 Å². The zero-order chi connectivity index (χ0) is 13.5. The quantitative estimate of drug-likeness (QED) is 0.870. The molecule has 2 N–H and O–H groups in total. The third-order valence-electron chi connectivity index (χ3n) is 3.44. The molecule has 1 aliphatic rings. The summed E-state index contributed by atoms with van der Waals surface area (Å²) in [5.74, 6) is 0.0382. The van der Waals surface area contributed by atoms with E-state index < -0.39 is 0 Å². The first-order valence-electron chi connectivity index (χ1n) is 6.81. The third kappa shape index (κ3) is 4.29. The molecule has 0 bridgehead atoms. The first-order chi connectivity index (χ1) is 9.28. The Bertz CT molecular complexity index is 455. The van der Waals surface area contributed by atoms with Crippen molar-refractivity contribution in [3.05, 3.63) is 29.8 Å². The van der Waals surface area contributed by atoms with Gasteiger partial charge in [-0.25, -0.2) is 0 Å². The number of nitrogens with one attached hydrogen (secondary N) is 2. The van der Waals surface area contributed by atoms with Crippen LogP contribution >= 0.6 is 0 Å². The summed E-state index contributed by atoms with van der Waals surface area (Å²) in [5, 5.41) is 14.8. The summed E-state index contributed by atoms with van der Waals surface area (Å²) in [4.78, 5) is 11.8. The van der Waals surface area contributed by atoms with Gasteiger partial charge in [-0.3, -0.25) is 4.79 Å². The van der Waals surface area contributed by atoms with Crippen molar-refractivity contribution in [1.29, 1.82) is 5.26 Å². The lowest BCUT2D eigenvalue weighted by Crippen LogP contribution is -2.39. The van der Waals surface area contributed by atoms with Gasteiger partial charge in [0.2, 0.25) is 5.91 Å². The SMILES string of the molecule is N#Cc1ccc(NCC(=O)NC2CCCCC2)cc1. The Hall–Kier alpha value is -2.02. The number of hydrogen-bond acceptors (Lipinski definition) is 3. The van der Waals surface area contributed by atoms with Crippen molar-refractivity contribution >= 4 is 11.6 Å². The maximum atomic E-state index is 11.8. The van der Waals surface area contributed by atoms with Crippen LogP contribution in [-0.2, 0) is 4.79 Å². The molecule has 19 heavy (non-hydrogen) atoms. The van der Waals surface area contributed by atoms with Gasteiger partial charge in [-0.15, -0.1) is 0 Å². The number of amides is 1. The minimum atomic E-state index is 0.0382. The molecule has 0 unspecified atom stereocenters. The number of nitrogens with zero attached hydrogens (tertiary/aromatic N) is 1. The first kappa shape index (κ1) is 13.4. The molecule has 0 aromatic heterocycles. The molecule has 0 radical (unpaired) electrons. The minimum absolute atomic E-state index is 0.0382. The molecule has 2 rings (SSSR count). The zero-order valence-corrected chi connectivity index (χ0v) is 11.0. The average Bonchev–Trinajstić information content (AvgIpc) is 2.47. The smallest absolute Gasteiger partial charge is 0.239 e. The number of benzene rings is 1. The number of nitriles is 1. The Morgan fingerprint density at radius 3 is 2.53 bits per heavy atom. The van der Waals surface area contributed by atoms with Gasteiger partial charge in [-0.2, -0.15) is 5.26 Å². The van der Waals surface area contributed by atoms with Crippen LogP contribution in [0.3, 0.4) is 0 Å². The van der Waals surface area contributed by atoms with Crippen molar-refractivity contribution in [3.8, 4) is 6.07 Å². The third-order valence-corrected chi connectivity index (χ3v) is 3.44. The molecule has 1 aromatic rings. The summed E-state index contributed by atoms with van der Waals surface area (Å²) >= 11 is 0. The van der Waals surface area contributed by atoms with Crippen LogP contribution in [0.2, 0.25) is 0 Å². The summed E-state index contributed by atoms with van der Waals surface area (Å²) in [5.41, 5.74) is 1.48. The standard InChI is InChI=1S/C15H19N3O/c16-10-12-6-8-13(9-7-12)17-11-15(19)18-14-4-2-1-3-5-14/h6-9,14,17H,1-5,11H2,(H,18,19). The Balaban J connectivity index is 1.74. The fraction of sp³-hybridized carbons (Fsp3) is 0.467. The van der Waals surface area contributed by atoms with Crippen molar-refractivity contribution in [3.63, 3.8) is 0 Å². The van der Waals surface area contributed by atoms with E-state index in [2.05, 4.69) is 16.7 Å². The Morgan fingerprint density at radius 2 is 1.89 bits per heavy atom. The Labute approximate surface area is 113 Å². The summed E-state index contributed by atoms with van der Waals surface area (Å²) in [6, 6.07) is 9.52. The lowest BCUT2D eigenvalue weighted by molar-refractivity contribution is -0.120. The number of carbonyl (C=O) groups excluding carboxylic acids is 1. The molecule has 1 amide bonds. The van der Waals surface area contributed by atoms with E-state index in [9.17, 15) is 4.79 Å². The van der Waals surface area contributed by atoms with Gasteiger partial charge in [0.25, 0.3) is 0 Å². The molecule has 100 valence electrons.